The van der Waals surface area contributed by atoms with E-state index in [1.54, 1.807) is 10.9 Å². The van der Waals surface area contributed by atoms with Crippen molar-refractivity contribution in [1.82, 2.24) is 14.7 Å². The Bertz CT molecular complexity index is 1430. The lowest BCUT2D eigenvalue weighted by molar-refractivity contribution is 0.0675. The molecule has 3 aromatic carbocycles. The van der Waals surface area contributed by atoms with Crippen LogP contribution in [0.2, 0.25) is 0 Å². The van der Waals surface area contributed by atoms with E-state index < -0.39 is 5.43 Å². The summed E-state index contributed by atoms with van der Waals surface area (Å²) in [6, 6.07) is 30.9. The lowest BCUT2D eigenvalue weighted by Gasteiger charge is -2.35. The Kier molecular flexibility index (Phi) is 9.29. The molecular formula is C35H39N3O3. The molecule has 0 radical (unpaired) electrons. The minimum atomic E-state index is -0.434. The summed E-state index contributed by atoms with van der Waals surface area (Å²) in [5, 5.41) is 4.59. The number of ether oxygens (including phenoxy) is 1. The minimum absolute atomic E-state index is 0.0265. The fourth-order valence-corrected chi connectivity index (χ4v) is 6.00. The summed E-state index contributed by atoms with van der Waals surface area (Å²) in [4.78, 5) is 29.6. The molecule has 2 heterocycles. The van der Waals surface area contributed by atoms with Gasteiger partial charge in [0.25, 0.3) is 11.3 Å². The molecule has 1 amide bonds. The molecule has 6 heteroatoms. The molecule has 0 N–H and O–H groups in total. The quantitative estimate of drug-likeness (QED) is 0.199. The van der Waals surface area contributed by atoms with Crippen LogP contribution in [0.1, 0.15) is 72.6 Å². The number of hydrogen-bond acceptors (Lipinski definition) is 4. The maximum atomic E-state index is 14.2. The van der Waals surface area contributed by atoms with Crippen molar-refractivity contribution in [2.24, 2.45) is 5.92 Å². The van der Waals surface area contributed by atoms with Gasteiger partial charge in [-0.3, -0.25) is 14.3 Å². The summed E-state index contributed by atoms with van der Waals surface area (Å²) in [7, 11) is 0. The smallest absolute Gasteiger partial charge is 0.278 e. The number of likely N-dealkylation sites (tertiary alicyclic amines) is 1. The molecule has 1 aliphatic rings. The molecule has 0 unspecified atom stereocenters. The monoisotopic (exact) mass is 549 g/mol. The van der Waals surface area contributed by atoms with Gasteiger partial charge in [-0.15, -0.1) is 0 Å². The zero-order chi connectivity index (χ0) is 28.6. The highest BCUT2D eigenvalue weighted by molar-refractivity contribution is 5.92. The van der Waals surface area contributed by atoms with E-state index in [9.17, 15) is 9.59 Å². The maximum Gasteiger partial charge on any atom is 0.278 e. The number of carbonyl (C=O) groups excluding carboxylic acids is 1. The molecule has 2 atom stereocenters. The standard InChI is InChI=1S/C35H39N3O3/c1-3-4-23-41-31-25-37(24-27-15-8-5-9-16-27)36-33(34(31)39)35(40)38-22-14-21-30(38)26(2)32(28-17-10-6-11-18-28)29-19-12-7-13-20-29/h5-13,15-20,25-26,30,32H,3-4,14,21-24H2,1-2H3/t26-,30+/m0/s1. The molecule has 1 aromatic heterocycles. The third kappa shape index (κ3) is 6.59. The first-order valence-electron chi connectivity index (χ1n) is 14.8. The average molecular weight is 550 g/mol. The van der Waals surface area contributed by atoms with Crippen LogP contribution in [0.15, 0.2) is 102 Å². The van der Waals surface area contributed by atoms with Crippen molar-refractivity contribution >= 4 is 5.91 Å². The predicted octanol–water partition coefficient (Wildman–Crippen LogP) is 6.54. The van der Waals surface area contributed by atoms with Crippen molar-refractivity contribution in [3.05, 3.63) is 130 Å². The van der Waals surface area contributed by atoms with E-state index in [1.165, 1.54) is 11.1 Å². The second-order valence-electron chi connectivity index (χ2n) is 10.9. The number of nitrogens with zero attached hydrogens (tertiary/aromatic N) is 3. The maximum absolute atomic E-state index is 14.2. The van der Waals surface area contributed by atoms with E-state index in [1.807, 2.05) is 47.4 Å². The van der Waals surface area contributed by atoms with Crippen LogP contribution in [-0.2, 0) is 6.54 Å². The van der Waals surface area contributed by atoms with Gasteiger partial charge in [-0.05, 0) is 41.9 Å². The van der Waals surface area contributed by atoms with E-state index in [2.05, 4.69) is 67.5 Å². The predicted molar refractivity (Wildman–Crippen MR) is 162 cm³/mol. The average Bonchev–Trinajstić information content (AvgIpc) is 3.50. The molecule has 5 rings (SSSR count). The van der Waals surface area contributed by atoms with Crippen LogP contribution in [0.5, 0.6) is 5.75 Å². The van der Waals surface area contributed by atoms with E-state index in [0.717, 1.165) is 31.2 Å². The van der Waals surface area contributed by atoms with Crippen molar-refractivity contribution in [1.29, 1.82) is 0 Å². The van der Waals surface area contributed by atoms with Gasteiger partial charge in [-0.25, -0.2) is 0 Å². The summed E-state index contributed by atoms with van der Waals surface area (Å²) in [5.41, 5.74) is 2.98. The van der Waals surface area contributed by atoms with Crippen molar-refractivity contribution in [3.63, 3.8) is 0 Å². The molecule has 0 saturated carbocycles. The highest BCUT2D eigenvalue weighted by Gasteiger charge is 2.39. The molecule has 212 valence electrons. The first-order chi connectivity index (χ1) is 20.1. The van der Waals surface area contributed by atoms with Gasteiger partial charge in [0.1, 0.15) is 0 Å². The van der Waals surface area contributed by atoms with Gasteiger partial charge in [-0.1, -0.05) is 111 Å². The Hall–Kier alpha value is -4.19. The zero-order valence-corrected chi connectivity index (χ0v) is 24.0. The summed E-state index contributed by atoms with van der Waals surface area (Å²) >= 11 is 0. The Morgan fingerprint density at radius 2 is 1.56 bits per heavy atom. The first-order valence-corrected chi connectivity index (χ1v) is 14.8. The van der Waals surface area contributed by atoms with Crippen molar-refractivity contribution < 1.29 is 9.53 Å². The lowest BCUT2D eigenvalue weighted by atomic mass is 9.77. The molecule has 1 aliphatic heterocycles. The van der Waals surface area contributed by atoms with Crippen molar-refractivity contribution in [3.8, 4) is 5.75 Å². The Morgan fingerprint density at radius 1 is 0.951 bits per heavy atom. The van der Waals surface area contributed by atoms with Gasteiger partial charge in [0.2, 0.25) is 0 Å². The van der Waals surface area contributed by atoms with E-state index in [4.69, 9.17) is 4.74 Å². The fourth-order valence-electron chi connectivity index (χ4n) is 6.00. The Balaban J connectivity index is 1.48. The van der Waals surface area contributed by atoms with E-state index in [-0.39, 0.29) is 35.2 Å². The summed E-state index contributed by atoms with van der Waals surface area (Å²) in [6.45, 7) is 5.77. The zero-order valence-electron chi connectivity index (χ0n) is 24.0. The molecular weight excluding hydrogens is 510 g/mol. The molecule has 6 nitrogen and oxygen atoms in total. The second-order valence-corrected chi connectivity index (χ2v) is 10.9. The minimum Gasteiger partial charge on any atom is -0.488 e. The Labute approximate surface area is 242 Å². The van der Waals surface area contributed by atoms with Gasteiger partial charge in [0.05, 0.1) is 19.3 Å². The third-order valence-corrected chi connectivity index (χ3v) is 8.09. The number of amides is 1. The first kappa shape index (κ1) is 28.3. The molecule has 1 saturated heterocycles. The van der Waals surface area contributed by atoms with Crippen LogP contribution < -0.4 is 10.2 Å². The van der Waals surface area contributed by atoms with Gasteiger partial charge in [0.15, 0.2) is 11.4 Å². The largest absolute Gasteiger partial charge is 0.488 e. The molecule has 0 spiro atoms. The normalized spacial score (nSPS) is 15.7. The van der Waals surface area contributed by atoms with Gasteiger partial charge in [-0.2, -0.15) is 5.10 Å². The van der Waals surface area contributed by atoms with Crippen LogP contribution in [0.25, 0.3) is 0 Å². The van der Waals surface area contributed by atoms with Gasteiger partial charge >= 0.3 is 0 Å². The lowest BCUT2D eigenvalue weighted by Crippen LogP contribution is -2.43. The molecule has 1 fully saturated rings. The SMILES string of the molecule is CCCCOc1cn(Cc2ccccc2)nc(C(=O)N2CCC[C@@H]2[C@H](C)C(c2ccccc2)c2ccccc2)c1=O. The topological polar surface area (TPSA) is 64.4 Å². The Morgan fingerprint density at radius 3 is 2.17 bits per heavy atom. The van der Waals surface area contributed by atoms with E-state index in [0.29, 0.717) is 19.7 Å². The summed E-state index contributed by atoms with van der Waals surface area (Å²) in [6.07, 6.45) is 5.19. The number of carbonyl (C=O) groups is 1. The van der Waals surface area contributed by atoms with Crippen molar-refractivity contribution in [2.45, 2.75) is 58.0 Å². The van der Waals surface area contributed by atoms with Gasteiger partial charge in [0, 0.05) is 18.5 Å². The summed E-state index contributed by atoms with van der Waals surface area (Å²) in [5.74, 6) is 0.110. The molecule has 41 heavy (non-hydrogen) atoms. The molecule has 0 aliphatic carbocycles. The third-order valence-electron chi connectivity index (χ3n) is 8.09. The number of hydrogen-bond donors (Lipinski definition) is 0. The number of benzene rings is 3. The van der Waals surface area contributed by atoms with Crippen LogP contribution in [0.4, 0.5) is 0 Å². The molecule has 4 aromatic rings. The number of unbranched alkanes of at least 4 members (excludes halogenated alkanes) is 1. The van der Waals surface area contributed by atoms with E-state index >= 15 is 0 Å². The van der Waals surface area contributed by atoms with Crippen LogP contribution >= 0.6 is 0 Å². The molecule has 0 bridgehead atoms. The number of rotatable bonds is 11. The van der Waals surface area contributed by atoms with Crippen LogP contribution in [-0.4, -0.2) is 39.8 Å². The van der Waals surface area contributed by atoms with Gasteiger partial charge < -0.3 is 9.64 Å². The van der Waals surface area contributed by atoms with Crippen LogP contribution in [0.3, 0.4) is 0 Å². The fraction of sp³-hybridized carbons (Fsp3) is 0.343. The van der Waals surface area contributed by atoms with Crippen molar-refractivity contribution in [2.75, 3.05) is 13.2 Å². The number of aromatic nitrogens is 2. The second kappa shape index (κ2) is 13.4. The van der Waals surface area contributed by atoms with Crippen LogP contribution in [0, 0.1) is 5.92 Å². The summed E-state index contributed by atoms with van der Waals surface area (Å²) < 4.78 is 7.56. The highest BCUT2D eigenvalue weighted by Crippen LogP contribution is 2.39. The highest BCUT2D eigenvalue weighted by atomic mass is 16.5.